The van der Waals surface area contributed by atoms with E-state index in [9.17, 15) is 0 Å². The van der Waals surface area contributed by atoms with Crippen molar-refractivity contribution in [2.45, 2.75) is 13.1 Å². The summed E-state index contributed by atoms with van der Waals surface area (Å²) in [4.78, 5) is 4.13. The molecule has 0 aliphatic carbocycles. The average Bonchev–Trinajstić information content (AvgIpc) is 3.26. The predicted octanol–water partition coefficient (Wildman–Crippen LogP) is 1.90. The lowest BCUT2D eigenvalue weighted by Crippen LogP contribution is -2.35. The van der Waals surface area contributed by atoms with E-state index in [0.29, 0.717) is 5.92 Å². The summed E-state index contributed by atoms with van der Waals surface area (Å²) in [5.41, 5.74) is 2.45. The fourth-order valence-electron chi connectivity index (χ4n) is 3.05. The molecule has 0 bridgehead atoms. The van der Waals surface area contributed by atoms with Gasteiger partial charge in [-0.15, -0.1) is 0 Å². The lowest BCUT2D eigenvalue weighted by molar-refractivity contribution is 0.391. The number of anilines is 1. The quantitative estimate of drug-likeness (QED) is 0.756. The Morgan fingerprint density at radius 3 is 3.09 bits per heavy atom. The summed E-state index contributed by atoms with van der Waals surface area (Å²) in [6, 6.07) is 10.4. The van der Waals surface area contributed by atoms with Crippen LogP contribution in [0.2, 0.25) is 0 Å². The molecule has 118 valence electrons. The van der Waals surface area contributed by atoms with E-state index >= 15 is 0 Å². The van der Waals surface area contributed by atoms with Crippen LogP contribution >= 0.6 is 0 Å². The van der Waals surface area contributed by atoms with Gasteiger partial charge < -0.3 is 15.2 Å². The Balaban J connectivity index is 1.37. The van der Waals surface area contributed by atoms with E-state index in [2.05, 4.69) is 49.5 Å². The van der Waals surface area contributed by atoms with Crippen LogP contribution in [0.25, 0.3) is 5.69 Å². The highest BCUT2D eigenvalue weighted by Crippen LogP contribution is 2.17. The molecular formula is C17H20N6. The number of nitrogens with zero attached hydrogens (tertiary/aromatic N) is 4. The van der Waals surface area contributed by atoms with Gasteiger partial charge in [-0.05, 0) is 11.6 Å². The molecule has 6 heteroatoms. The third-order valence-electron chi connectivity index (χ3n) is 4.24. The monoisotopic (exact) mass is 308 g/mol. The second-order valence-corrected chi connectivity index (χ2v) is 5.88. The molecule has 1 atom stereocenters. The van der Waals surface area contributed by atoms with Gasteiger partial charge in [0.1, 0.15) is 5.82 Å². The van der Waals surface area contributed by atoms with Crippen molar-refractivity contribution < 1.29 is 0 Å². The molecule has 0 unspecified atom stereocenters. The third-order valence-corrected chi connectivity index (χ3v) is 4.24. The second-order valence-electron chi connectivity index (χ2n) is 5.88. The normalized spacial score (nSPS) is 16.8. The van der Waals surface area contributed by atoms with Crippen molar-refractivity contribution in [3.05, 3.63) is 60.8 Å². The standard InChI is InChI=1S/C17H20N6/c1-2-4-16(22-8-7-18-13-22)15(3-1)11-19-9-14-10-20-17-5-6-21-23(17)12-14/h1-8,13-14,19-20H,9-12H2/t14-/m0/s1. The zero-order valence-electron chi connectivity index (χ0n) is 12.9. The summed E-state index contributed by atoms with van der Waals surface area (Å²) >= 11 is 0. The molecule has 3 heterocycles. The fourth-order valence-corrected chi connectivity index (χ4v) is 3.05. The summed E-state index contributed by atoms with van der Waals surface area (Å²) in [5, 5.41) is 11.3. The van der Waals surface area contributed by atoms with Gasteiger partial charge in [-0.2, -0.15) is 5.10 Å². The smallest absolute Gasteiger partial charge is 0.124 e. The summed E-state index contributed by atoms with van der Waals surface area (Å²) in [5.74, 6) is 1.66. The Kier molecular flexibility index (Phi) is 3.81. The molecule has 0 saturated heterocycles. The van der Waals surface area contributed by atoms with Crippen LogP contribution in [0.5, 0.6) is 0 Å². The lowest BCUT2D eigenvalue weighted by Gasteiger charge is -2.25. The number of para-hydroxylation sites is 1. The molecule has 1 aromatic carbocycles. The minimum absolute atomic E-state index is 0.544. The minimum Gasteiger partial charge on any atom is -0.370 e. The third kappa shape index (κ3) is 2.98. The van der Waals surface area contributed by atoms with E-state index in [1.54, 1.807) is 6.20 Å². The molecule has 23 heavy (non-hydrogen) atoms. The van der Waals surface area contributed by atoms with Crippen molar-refractivity contribution >= 4 is 5.82 Å². The predicted molar refractivity (Wildman–Crippen MR) is 89.5 cm³/mol. The summed E-state index contributed by atoms with van der Waals surface area (Å²) in [6.07, 6.45) is 7.46. The zero-order valence-corrected chi connectivity index (χ0v) is 12.9. The van der Waals surface area contributed by atoms with E-state index in [0.717, 1.165) is 32.0 Å². The number of benzene rings is 1. The Hall–Kier alpha value is -2.60. The van der Waals surface area contributed by atoms with E-state index in [1.807, 2.05) is 29.5 Å². The molecule has 4 rings (SSSR count). The maximum absolute atomic E-state index is 4.34. The summed E-state index contributed by atoms with van der Waals surface area (Å²) in [7, 11) is 0. The van der Waals surface area contributed by atoms with Crippen molar-refractivity contribution in [2.24, 2.45) is 5.92 Å². The molecule has 6 nitrogen and oxygen atoms in total. The van der Waals surface area contributed by atoms with E-state index in [1.165, 1.54) is 11.3 Å². The van der Waals surface area contributed by atoms with Gasteiger partial charge >= 0.3 is 0 Å². The van der Waals surface area contributed by atoms with Crippen molar-refractivity contribution in [3.8, 4) is 5.69 Å². The van der Waals surface area contributed by atoms with Crippen LogP contribution in [0.3, 0.4) is 0 Å². The molecule has 0 saturated carbocycles. The van der Waals surface area contributed by atoms with Crippen molar-refractivity contribution in [3.63, 3.8) is 0 Å². The second kappa shape index (κ2) is 6.26. The number of hydrogen-bond donors (Lipinski definition) is 2. The van der Waals surface area contributed by atoms with Crippen LogP contribution in [-0.2, 0) is 13.1 Å². The fraction of sp³-hybridized carbons (Fsp3) is 0.294. The number of nitrogens with one attached hydrogen (secondary N) is 2. The van der Waals surface area contributed by atoms with Gasteiger partial charge in [-0.25, -0.2) is 9.67 Å². The van der Waals surface area contributed by atoms with Gasteiger partial charge in [0.2, 0.25) is 0 Å². The molecule has 1 aliphatic rings. The van der Waals surface area contributed by atoms with Crippen molar-refractivity contribution in [2.75, 3.05) is 18.4 Å². The van der Waals surface area contributed by atoms with E-state index in [4.69, 9.17) is 0 Å². The molecule has 0 radical (unpaired) electrons. The van der Waals surface area contributed by atoms with Gasteiger partial charge in [0.15, 0.2) is 0 Å². The largest absolute Gasteiger partial charge is 0.370 e. The maximum atomic E-state index is 4.34. The van der Waals surface area contributed by atoms with E-state index < -0.39 is 0 Å². The van der Waals surface area contributed by atoms with Crippen LogP contribution in [0.15, 0.2) is 55.2 Å². The van der Waals surface area contributed by atoms with Crippen molar-refractivity contribution in [1.29, 1.82) is 0 Å². The number of hydrogen-bond acceptors (Lipinski definition) is 4. The highest BCUT2D eigenvalue weighted by Gasteiger charge is 2.17. The van der Waals surface area contributed by atoms with Crippen LogP contribution in [0, 0.1) is 5.92 Å². The van der Waals surface area contributed by atoms with Gasteiger partial charge in [-0.3, -0.25) is 0 Å². The maximum Gasteiger partial charge on any atom is 0.124 e. The highest BCUT2D eigenvalue weighted by molar-refractivity contribution is 5.41. The van der Waals surface area contributed by atoms with Gasteiger partial charge in [0.05, 0.1) is 18.2 Å². The first-order valence-electron chi connectivity index (χ1n) is 7.93. The number of aromatic nitrogens is 4. The van der Waals surface area contributed by atoms with E-state index in [-0.39, 0.29) is 0 Å². The Morgan fingerprint density at radius 2 is 2.17 bits per heavy atom. The molecule has 1 aliphatic heterocycles. The first kappa shape index (κ1) is 14.0. The van der Waals surface area contributed by atoms with Gasteiger partial charge in [-0.1, -0.05) is 18.2 Å². The molecule has 0 spiro atoms. The lowest BCUT2D eigenvalue weighted by atomic mass is 10.1. The average molecular weight is 308 g/mol. The molecule has 0 amide bonds. The molecule has 2 aromatic heterocycles. The topological polar surface area (TPSA) is 59.7 Å². The Bertz CT molecular complexity index is 761. The Morgan fingerprint density at radius 1 is 1.22 bits per heavy atom. The molecule has 3 aromatic rings. The number of rotatable bonds is 5. The molecule has 0 fully saturated rings. The number of fused-ring (bicyclic) bond motifs is 1. The zero-order chi connectivity index (χ0) is 15.5. The first-order chi connectivity index (χ1) is 11.4. The number of imidazole rings is 1. The summed E-state index contributed by atoms with van der Waals surface area (Å²) < 4.78 is 4.09. The Labute approximate surface area is 135 Å². The molecular weight excluding hydrogens is 288 g/mol. The van der Waals surface area contributed by atoms with Crippen molar-refractivity contribution in [1.82, 2.24) is 24.6 Å². The summed E-state index contributed by atoms with van der Waals surface area (Å²) in [6.45, 7) is 3.76. The van der Waals surface area contributed by atoms with Crippen LogP contribution in [-0.4, -0.2) is 32.4 Å². The van der Waals surface area contributed by atoms with Gasteiger partial charge in [0.25, 0.3) is 0 Å². The first-order valence-corrected chi connectivity index (χ1v) is 7.93. The van der Waals surface area contributed by atoms with Crippen LogP contribution in [0.4, 0.5) is 5.82 Å². The van der Waals surface area contributed by atoms with Gasteiger partial charge in [0, 0.05) is 50.6 Å². The van der Waals surface area contributed by atoms with Crippen LogP contribution < -0.4 is 10.6 Å². The minimum atomic E-state index is 0.544. The van der Waals surface area contributed by atoms with Crippen LogP contribution in [0.1, 0.15) is 5.56 Å². The highest BCUT2D eigenvalue weighted by atomic mass is 15.3. The SMILES string of the molecule is c1ccc(-n2ccnc2)c(CNC[C@H]2CNc3ccnn3C2)c1. The molecule has 2 N–H and O–H groups in total.